The van der Waals surface area contributed by atoms with E-state index >= 15 is 0 Å². The second-order valence-corrected chi connectivity index (χ2v) is 3.53. The number of carbonyl (C=O) groups excluding carboxylic acids is 1. The highest BCUT2D eigenvalue weighted by Gasteiger charge is 2.12. The van der Waals surface area contributed by atoms with E-state index in [4.69, 9.17) is 11.5 Å². The fourth-order valence-electron chi connectivity index (χ4n) is 1.76. The molecule has 0 heterocycles. The van der Waals surface area contributed by atoms with Crippen molar-refractivity contribution < 1.29 is 4.79 Å². The number of benzene rings is 2. The summed E-state index contributed by atoms with van der Waals surface area (Å²) in [5.41, 5.74) is 12.9. The molecule has 0 aliphatic rings. The van der Waals surface area contributed by atoms with Gasteiger partial charge in [-0.15, -0.1) is 0 Å². The Balaban J connectivity index is 2.95. The molecule has 0 unspecified atom stereocenters. The Morgan fingerprint density at radius 3 is 2.53 bits per heavy atom. The third kappa shape index (κ3) is 1.42. The van der Waals surface area contributed by atoms with Crippen molar-refractivity contribution in [3.63, 3.8) is 0 Å². The average molecular weight is 200 g/mol. The smallest absolute Gasteiger partial charge is 0.162 e. The first-order chi connectivity index (χ1) is 7.11. The Morgan fingerprint density at radius 1 is 1.20 bits per heavy atom. The normalized spacial score (nSPS) is 10.5. The molecule has 0 saturated heterocycles. The molecule has 0 spiro atoms. The van der Waals surface area contributed by atoms with Crippen LogP contribution in [0.4, 0.5) is 11.4 Å². The van der Waals surface area contributed by atoms with Crippen LogP contribution in [0.25, 0.3) is 10.8 Å². The molecular weight excluding hydrogens is 188 g/mol. The number of nitrogens with two attached hydrogens (primary N) is 2. The van der Waals surface area contributed by atoms with Gasteiger partial charge in [-0.2, -0.15) is 0 Å². The van der Waals surface area contributed by atoms with Gasteiger partial charge in [-0.3, -0.25) is 4.79 Å². The van der Waals surface area contributed by atoms with E-state index in [9.17, 15) is 4.79 Å². The average Bonchev–Trinajstić information content (AvgIpc) is 2.19. The van der Waals surface area contributed by atoms with Crippen LogP contribution in [0.1, 0.15) is 17.3 Å². The van der Waals surface area contributed by atoms with E-state index in [1.807, 2.05) is 24.3 Å². The standard InChI is InChI=1S/C12H12N2O/c1-7(15)11-9-5-3-2-4-8(9)6-10(13)12(11)14/h2-6H,13-14H2,1H3. The van der Waals surface area contributed by atoms with Crippen molar-refractivity contribution in [2.45, 2.75) is 6.92 Å². The van der Waals surface area contributed by atoms with Gasteiger partial charge in [0.1, 0.15) is 0 Å². The minimum atomic E-state index is -0.0593. The molecule has 0 bridgehead atoms. The summed E-state index contributed by atoms with van der Waals surface area (Å²) in [7, 11) is 0. The first-order valence-corrected chi connectivity index (χ1v) is 4.69. The molecule has 4 N–H and O–H groups in total. The number of nitrogen functional groups attached to an aromatic ring is 2. The molecular formula is C12H12N2O. The predicted octanol–water partition coefficient (Wildman–Crippen LogP) is 2.21. The van der Waals surface area contributed by atoms with Gasteiger partial charge in [-0.1, -0.05) is 24.3 Å². The van der Waals surface area contributed by atoms with Crippen LogP contribution in [0, 0.1) is 0 Å². The van der Waals surface area contributed by atoms with Crippen molar-refractivity contribution in [1.29, 1.82) is 0 Å². The Bertz CT molecular complexity index is 547. The topological polar surface area (TPSA) is 69.1 Å². The lowest BCUT2D eigenvalue weighted by Crippen LogP contribution is -2.04. The van der Waals surface area contributed by atoms with Crippen molar-refractivity contribution in [2.24, 2.45) is 0 Å². The van der Waals surface area contributed by atoms with E-state index in [0.717, 1.165) is 10.8 Å². The Hall–Kier alpha value is -2.03. The van der Waals surface area contributed by atoms with E-state index in [1.54, 1.807) is 6.07 Å². The second kappa shape index (κ2) is 3.28. The molecule has 15 heavy (non-hydrogen) atoms. The number of anilines is 2. The first kappa shape index (κ1) is 9.52. The summed E-state index contributed by atoms with van der Waals surface area (Å²) in [5.74, 6) is -0.0593. The zero-order chi connectivity index (χ0) is 11.0. The largest absolute Gasteiger partial charge is 0.397 e. The second-order valence-electron chi connectivity index (χ2n) is 3.53. The summed E-state index contributed by atoms with van der Waals surface area (Å²) in [4.78, 5) is 11.5. The maximum atomic E-state index is 11.5. The molecule has 0 saturated carbocycles. The summed E-state index contributed by atoms with van der Waals surface area (Å²) >= 11 is 0. The highest BCUT2D eigenvalue weighted by molar-refractivity contribution is 6.13. The van der Waals surface area contributed by atoms with Crippen molar-refractivity contribution in [2.75, 3.05) is 11.5 Å². The lowest BCUT2D eigenvalue weighted by Gasteiger charge is -2.09. The van der Waals surface area contributed by atoms with Gasteiger partial charge in [0, 0.05) is 0 Å². The fourth-order valence-corrected chi connectivity index (χ4v) is 1.76. The van der Waals surface area contributed by atoms with E-state index < -0.39 is 0 Å². The lowest BCUT2D eigenvalue weighted by molar-refractivity contribution is 0.102. The van der Waals surface area contributed by atoms with E-state index in [1.165, 1.54) is 6.92 Å². The van der Waals surface area contributed by atoms with Crippen molar-refractivity contribution in [1.82, 2.24) is 0 Å². The number of hydrogen-bond acceptors (Lipinski definition) is 3. The number of carbonyl (C=O) groups is 1. The van der Waals surface area contributed by atoms with Crippen LogP contribution in [-0.4, -0.2) is 5.78 Å². The number of hydrogen-bond donors (Lipinski definition) is 2. The number of fused-ring (bicyclic) bond motifs is 1. The van der Waals surface area contributed by atoms with Crippen molar-refractivity contribution in [3.05, 3.63) is 35.9 Å². The van der Waals surface area contributed by atoms with Crippen LogP contribution in [0.3, 0.4) is 0 Å². The monoisotopic (exact) mass is 200 g/mol. The van der Waals surface area contributed by atoms with Gasteiger partial charge in [0.05, 0.1) is 16.9 Å². The van der Waals surface area contributed by atoms with Gasteiger partial charge < -0.3 is 11.5 Å². The maximum absolute atomic E-state index is 11.5. The van der Waals surface area contributed by atoms with E-state index in [2.05, 4.69) is 0 Å². The van der Waals surface area contributed by atoms with Crippen molar-refractivity contribution >= 4 is 27.9 Å². The molecule has 0 radical (unpaired) electrons. The summed E-state index contributed by atoms with van der Waals surface area (Å²) in [6.45, 7) is 1.50. The van der Waals surface area contributed by atoms with E-state index in [-0.39, 0.29) is 5.78 Å². The van der Waals surface area contributed by atoms with Gasteiger partial charge in [-0.05, 0) is 23.8 Å². The molecule has 0 aliphatic carbocycles. The molecule has 3 nitrogen and oxygen atoms in total. The summed E-state index contributed by atoms with van der Waals surface area (Å²) in [5, 5.41) is 1.80. The van der Waals surface area contributed by atoms with Crippen LogP contribution in [0.5, 0.6) is 0 Å². The third-order valence-corrected chi connectivity index (χ3v) is 2.47. The Morgan fingerprint density at radius 2 is 1.87 bits per heavy atom. The van der Waals surface area contributed by atoms with Gasteiger partial charge in [0.15, 0.2) is 5.78 Å². The molecule has 0 aliphatic heterocycles. The third-order valence-electron chi connectivity index (χ3n) is 2.47. The minimum absolute atomic E-state index is 0.0593. The van der Waals surface area contributed by atoms with Crippen LogP contribution in [0.15, 0.2) is 30.3 Å². The molecule has 76 valence electrons. The lowest BCUT2D eigenvalue weighted by atomic mass is 9.99. The van der Waals surface area contributed by atoms with Crippen LogP contribution >= 0.6 is 0 Å². The molecule has 2 aromatic rings. The highest BCUT2D eigenvalue weighted by Crippen LogP contribution is 2.29. The number of Topliss-reactive ketones (excluding diaryl/α,β-unsaturated/α-hetero) is 1. The zero-order valence-electron chi connectivity index (χ0n) is 8.45. The van der Waals surface area contributed by atoms with Gasteiger partial charge in [-0.25, -0.2) is 0 Å². The molecule has 2 rings (SSSR count). The van der Waals surface area contributed by atoms with Crippen LogP contribution < -0.4 is 11.5 Å². The molecule has 3 heteroatoms. The van der Waals surface area contributed by atoms with Gasteiger partial charge in [0.2, 0.25) is 0 Å². The molecule has 0 aromatic heterocycles. The van der Waals surface area contributed by atoms with Crippen LogP contribution in [0.2, 0.25) is 0 Å². The van der Waals surface area contributed by atoms with Gasteiger partial charge in [0.25, 0.3) is 0 Å². The summed E-state index contributed by atoms with van der Waals surface area (Å²) < 4.78 is 0. The minimum Gasteiger partial charge on any atom is -0.397 e. The number of rotatable bonds is 1. The maximum Gasteiger partial charge on any atom is 0.162 e. The highest BCUT2D eigenvalue weighted by atomic mass is 16.1. The summed E-state index contributed by atoms with van der Waals surface area (Å²) in [6, 6.07) is 9.36. The predicted molar refractivity (Wildman–Crippen MR) is 62.8 cm³/mol. The fraction of sp³-hybridized carbons (Fsp3) is 0.0833. The van der Waals surface area contributed by atoms with Gasteiger partial charge >= 0.3 is 0 Å². The van der Waals surface area contributed by atoms with E-state index in [0.29, 0.717) is 16.9 Å². The van der Waals surface area contributed by atoms with Crippen molar-refractivity contribution in [3.8, 4) is 0 Å². The zero-order valence-corrected chi connectivity index (χ0v) is 8.45. The first-order valence-electron chi connectivity index (χ1n) is 4.69. The quantitative estimate of drug-likeness (QED) is 0.547. The Kier molecular flexibility index (Phi) is 2.08. The molecule has 0 atom stereocenters. The molecule has 0 amide bonds. The van der Waals surface area contributed by atoms with Crippen LogP contribution in [-0.2, 0) is 0 Å². The summed E-state index contributed by atoms with van der Waals surface area (Å²) in [6.07, 6.45) is 0. The Labute approximate surface area is 87.7 Å². The molecule has 0 fully saturated rings. The molecule has 2 aromatic carbocycles. The SMILES string of the molecule is CC(=O)c1c(N)c(N)cc2ccccc12. The number of ketones is 1.